The number of aliphatic hydroxyl groups excluding tert-OH is 4. The number of para-hydroxylation sites is 2. The Labute approximate surface area is 248 Å². The van der Waals surface area contributed by atoms with Gasteiger partial charge in [0.05, 0.1) is 13.7 Å². The number of carbonyl (C=O) groups excluding carboxylic acids is 2. The second kappa shape index (κ2) is 14.2. The van der Waals surface area contributed by atoms with E-state index in [9.17, 15) is 38.4 Å². The van der Waals surface area contributed by atoms with Crippen molar-refractivity contribution in [3.05, 3.63) is 54.1 Å². The van der Waals surface area contributed by atoms with Crippen LogP contribution in [0.15, 0.2) is 48.5 Å². The predicted octanol–water partition coefficient (Wildman–Crippen LogP) is 0.177. The quantitative estimate of drug-likeness (QED) is 0.210. The molecular formula is C27H35NO14S. The van der Waals surface area contributed by atoms with Gasteiger partial charge in [-0.1, -0.05) is 24.3 Å². The molecule has 0 aliphatic carbocycles. The fraction of sp³-hybridized carbons (Fsp3) is 0.481. The number of hydrogen-bond donors (Lipinski definition) is 5. The summed E-state index contributed by atoms with van der Waals surface area (Å²) in [6, 6.07) is 9.88. The maximum absolute atomic E-state index is 12.7. The molecule has 16 heteroatoms. The smallest absolute Gasteiger partial charge is 0.467 e. The van der Waals surface area contributed by atoms with Crippen molar-refractivity contribution in [3.63, 3.8) is 0 Å². The maximum atomic E-state index is 12.7. The fourth-order valence-corrected chi connectivity index (χ4v) is 4.59. The van der Waals surface area contributed by atoms with Crippen LogP contribution in [0.3, 0.4) is 0 Å². The zero-order valence-corrected chi connectivity index (χ0v) is 24.6. The highest BCUT2D eigenvalue weighted by atomic mass is 32.3. The number of carbonyl (C=O) groups is 2. The van der Waals surface area contributed by atoms with Crippen molar-refractivity contribution in [2.24, 2.45) is 0 Å². The highest BCUT2D eigenvalue weighted by Gasteiger charge is 2.45. The normalized spacial score (nSPS) is 23.0. The molecule has 6 atom stereocenters. The zero-order valence-electron chi connectivity index (χ0n) is 23.8. The molecule has 0 spiro atoms. The van der Waals surface area contributed by atoms with Gasteiger partial charge >= 0.3 is 22.5 Å². The number of benzene rings is 2. The van der Waals surface area contributed by atoms with Crippen LogP contribution in [0.1, 0.15) is 26.3 Å². The van der Waals surface area contributed by atoms with E-state index in [0.717, 1.165) is 0 Å². The number of rotatable bonds is 11. The van der Waals surface area contributed by atoms with Crippen LogP contribution in [0.25, 0.3) is 0 Å². The molecule has 1 heterocycles. The van der Waals surface area contributed by atoms with E-state index >= 15 is 0 Å². The first-order valence-corrected chi connectivity index (χ1v) is 14.3. The minimum Gasteiger partial charge on any atom is -0.467 e. The van der Waals surface area contributed by atoms with Crippen molar-refractivity contribution in [3.8, 4) is 17.2 Å². The van der Waals surface area contributed by atoms with Gasteiger partial charge in [-0.05, 0) is 50.6 Å². The lowest BCUT2D eigenvalue weighted by atomic mass is 9.99. The average Bonchev–Trinajstić information content (AvgIpc) is 2.93. The lowest BCUT2D eigenvalue weighted by Gasteiger charge is -2.39. The van der Waals surface area contributed by atoms with Crippen LogP contribution >= 0.6 is 0 Å². The molecule has 0 aromatic heterocycles. The number of nitrogens with one attached hydrogen (secondary N) is 1. The monoisotopic (exact) mass is 629 g/mol. The first-order chi connectivity index (χ1) is 20.1. The third kappa shape index (κ3) is 9.67. The molecular weight excluding hydrogens is 594 g/mol. The van der Waals surface area contributed by atoms with Crippen molar-refractivity contribution in [2.75, 3.05) is 13.7 Å². The van der Waals surface area contributed by atoms with E-state index in [1.807, 2.05) is 0 Å². The van der Waals surface area contributed by atoms with Crippen molar-refractivity contribution in [1.29, 1.82) is 0 Å². The molecule has 0 radical (unpaired) electrons. The number of esters is 1. The molecule has 1 aliphatic rings. The van der Waals surface area contributed by atoms with Crippen LogP contribution in [-0.4, -0.2) is 97.0 Å². The maximum Gasteiger partial charge on any atom is 0.501 e. The summed E-state index contributed by atoms with van der Waals surface area (Å²) in [5.74, 6) is -1.44. The molecule has 1 aliphatic heterocycles. The number of hydrogen-bond acceptors (Lipinski definition) is 14. The largest absolute Gasteiger partial charge is 0.501 e. The van der Waals surface area contributed by atoms with Gasteiger partial charge in [0, 0.05) is 6.42 Å². The first-order valence-electron chi connectivity index (χ1n) is 13.0. The average molecular weight is 630 g/mol. The fourth-order valence-electron chi connectivity index (χ4n) is 3.85. The van der Waals surface area contributed by atoms with Gasteiger partial charge in [-0.25, -0.2) is 9.59 Å². The Balaban J connectivity index is 1.67. The number of methoxy groups -OCH3 is 1. The summed E-state index contributed by atoms with van der Waals surface area (Å²) in [7, 11) is -3.58. The molecule has 0 saturated carbocycles. The van der Waals surface area contributed by atoms with Crippen LogP contribution in [0, 0.1) is 0 Å². The standard InChI is InChI=1S/C27H35NO14S/c1-27(2,3)40-26(34)28-17(24(33)37-4)13-15-9-11-16(12-10-15)41-43(35,36)42-19-8-6-5-7-18(19)38-25-23(32)22(31)21(30)20(14-29)39-25/h5-12,17,20-23,25,29-32H,13-14H2,1-4H3,(H,28,34)/t17-,20-,21+,22+,23-,25-/m1/s1. The van der Waals surface area contributed by atoms with Crippen LogP contribution in [0.4, 0.5) is 4.79 Å². The van der Waals surface area contributed by atoms with Gasteiger partial charge < -0.3 is 53.1 Å². The Morgan fingerprint density at radius 1 is 0.953 bits per heavy atom. The van der Waals surface area contributed by atoms with Crippen LogP contribution < -0.4 is 18.4 Å². The number of ether oxygens (including phenoxy) is 4. The predicted molar refractivity (Wildman–Crippen MR) is 146 cm³/mol. The topological polar surface area (TPSA) is 217 Å². The Morgan fingerprint density at radius 3 is 2.16 bits per heavy atom. The molecule has 3 rings (SSSR count). The van der Waals surface area contributed by atoms with Crippen LogP contribution in [-0.2, 0) is 35.8 Å². The summed E-state index contributed by atoms with van der Waals surface area (Å²) < 4.78 is 56.2. The van der Waals surface area contributed by atoms with Gasteiger partial charge in [-0.2, -0.15) is 0 Å². The minimum atomic E-state index is -4.75. The van der Waals surface area contributed by atoms with Gasteiger partial charge in [-0.3, -0.25) is 0 Å². The van der Waals surface area contributed by atoms with E-state index in [-0.39, 0.29) is 23.7 Å². The molecule has 5 N–H and O–H groups in total. The summed E-state index contributed by atoms with van der Waals surface area (Å²) in [5, 5.41) is 42.0. The molecule has 0 bridgehead atoms. The van der Waals surface area contributed by atoms with Crippen molar-refractivity contribution < 1.29 is 65.7 Å². The van der Waals surface area contributed by atoms with Crippen LogP contribution in [0.2, 0.25) is 0 Å². The van der Waals surface area contributed by atoms with E-state index < -0.39 is 71.4 Å². The summed E-state index contributed by atoms with van der Waals surface area (Å²) in [6.07, 6.45) is -8.72. The zero-order chi connectivity index (χ0) is 31.9. The van der Waals surface area contributed by atoms with Crippen molar-refractivity contribution in [2.45, 2.75) is 69.5 Å². The number of amides is 1. The second-order valence-corrected chi connectivity index (χ2v) is 11.6. The summed E-state index contributed by atoms with van der Waals surface area (Å²) in [5.41, 5.74) is -0.264. The molecule has 2 aromatic rings. The van der Waals surface area contributed by atoms with Gasteiger partial charge in [0.15, 0.2) is 11.5 Å². The summed E-state index contributed by atoms with van der Waals surface area (Å²) in [4.78, 5) is 24.3. The van der Waals surface area contributed by atoms with Crippen molar-refractivity contribution >= 4 is 22.5 Å². The molecule has 43 heavy (non-hydrogen) atoms. The number of alkyl carbamates (subject to hydrolysis) is 1. The van der Waals surface area contributed by atoms with E-state index in [2.05, 4.69) is 5.32 Å². The lowest BCUT2D eigenvalue weighted by Crippen LogP contribution is -2.60. The molecule has 1 amide bonds. The minimum absolute atomic E-state index is 0.00187. The van der Waals surface area contributed by atoms with E-state index in [1.54, 1.807) is 20.8 Å². The Bertz CT molecular complexity index is 1340. The van der Waals surface area contributed by atoms with Crippen molar-refractivity contribution in [1.82, 2.24) is 5.32 Å². The highest BCUT2D eigenvalue weighted by Crippen LogP contribution is 2.32. The lowest BCUT2D eigenvalue weighted by molar-refractivity contribution is -0.277. The molecule has 0 unspecified atom stereocenters. The van der Waals surface area contributed by atoms with E-state index in [0.29, 0.717) is 5.56 Å². The van der Waals surface area contributed by atoms with E-state index in [1.165, 1.54) is 55.6 Å². The van der Waals surface area contributed by atoms with Gasteiger partial charge in [0.25, 0.3) is 0 Å². The molecule has 1 fully saturated rings. The van der Waals surface area contributed by atoms with E-state index in [4.69, 9.17) is 27.3 Å². The Kier molecular flexibility index (Phi) is 11.2. The number of aliphatic hydroxyl groups is 4. The SMILES string of the molecule is COC(=O)[C@@H](Cc1ccc(OS(=O)(=O)Oc2ccccc2O[C@@H]2O[C@H](CO)[C@H](O)[C@H](O)[C@H]2O)cc1)NC(=O)OC(C)(C)C. The Morgan fingerprint density at radius 2 is 1.58 bits per heavy atom. The van der Waals surface area contributed by atoms with Gasteiger partial charge in [0.2, 0.25) is 6.29 Å². The van der Waals surface area contributed by atoms with Crippen LogP contribution in [0.5, 0.6) is 17.2 Å². The molecule has 238 valence electrons. The molecule has 2 aromatic carbocycles. The third-order valence-corrected chi connectivity index (χ3v) is 6.65. The third-order valence-electron chi connectivity index (χ3n) is 5.87. The Hall–Kier alpha value is -3.67. The summed E-state index contributed by atoms with van der Waals surface area (Å²) in [6.45, 7) is 4.32. The van der Waals surface area contributed by atoms with Gasteiger partial charge in [-0.15, -0.1) is 8.42 Å². The first kappa shape index (κ1) is 33.8. The van der Waals surface area contributed by atoms with Gasteiger partial charge in [0.1, 0.15) is 41.8 Å². The summed E-state index contributed by atoms with van der Waals surface area (Å²) >= 11 is 0. The second-order valence-electron chi connectivity index (χ2n) is 10.4. The highest BCUT2D eigenvalue weighted by molar-refractivity contribution is 7.82. The molecule has 15 nitrogen and oxygen atoms in total. The molecule has 1 saturated heterocycles.